The molecule has 34 heavy (non-hydrogen) atoms. The van der Waals surface area contributed by atoms with Gasteiger partial charge in [-0.2, -0.15) is 5.10 Å². The van der Waals surface area contributed by atoms with Gasteiger partial charge in [-0.3, -0.25) is 4.79 Å². The molecule has 176 valence electrons. The van der Waals surface area contributed by atoms with Gasteiger partial charge < -0.3 is 18.9 Å². The van der Waals surface area contributed by atoms with Gasteiger partial charge in [-0.25, -0.2) is 9.07 Å². The molecule has 0 aliphatic rings. The molecule has 0 saturated heterocycles. The number of carbonyl (C=O) groups is 1. The van der Waals surface area contributed by atoms with E-state index in [9.17, 15) is 9.18 Å². The van der Waals surface area contributed by atoms with Crippen molar-refractivity contribution in [2.24, 2.45) is 7.05 Å². The molecule has 0 saturated carbocycles. The lowest BCUT2D eigenvalue weighted by molar-refractivity contribution is 0.0787. The number of likely N-dealkylation sites (N-methyl/N-ethyl adjacent to an activating group) is 1. The third-order valence-electron chi connectivity index (χ3n) is 5.74. The lowest BCUT2D eigenvalue weighted by Gasteiger charge is -2.18. The molecule has 1 amide bonds. The summed E-state index contributed by atoms with van der Waals surface area (Å²) in [6.45, 7) is 0.488. The van der Waals surface area contributed by atoms with Crippen molar-refractivity contribution in [3.63, 3.8) is 0 Å². The van der Waals surface area contributed by atoms with Crippen molar-refractivity contribution in [1.29, 1.82) is 0 Å². The Morgan fingerprint density at radius 2 is 1.76 bits per heavy atom. The van der Waals surface area contributed by atoms with Gasteiger partial charge in [0.1, 0.15) is 17.2 Å². The molecule has 0 aliphatic carbocycles. The van der Waals surface area contributed by atoms with Gasteiger partial charge in [0.15, 0.2) is 11.5 Å². The zero-order valence-electron chi connectivity index (χ0n) is 19.7. The molecule has 0 N–H and O–H groups in total. The Kier molecular flexibility index (Phi) is 6.67. The third kappa shape index (κ3) is 4.66. The van der Waals surface area contributed by atoms with E-state index in [1.165, 1.54) is 12.1 Å². The smallest absolute Gasteiger partial charge is 0.272 e. The van der Waals surface area contributed by atoms with Gasteiger partial charge in [-0.1, -0.05) is 6.07 Å². The molecule has 0 atom stereocenters. The van der Waals surface area contributed by atoms with Crippen LogP contribution in [0.25, 0.3) is 17.1 Å². The first-order chi connectivity index (χ1) is 16.4. The second-order valence-corrected chi connectivity index (χ2v) is 7.97. The molecule has 8 heteroatoms. The topological polar surface area (TPSA) is 61.5 Å². The Bertz CT molecular complexity index is 1290. The number of hydrogen-bond acceptors (Lipinski definition) is 4. The van der Waals surface area contributed by atoms with Crippen molar-refractivity contribution >= 4 is 5.91 Å². The van der Waals surface area contributed by atoms with Crippen LogP contribution in [0.4, 0.5) is 4.39 Å². The monoisotopic (exact) mass is 462 g/mol. The van der Waals surface area contributed by atoms with Gasteiger partial charge in [-0.15, -0.1) is 0 Å². The highest BCUT2D eigenvalue weighted by atomic mass is 19.1. The van der Waals surface area contributed by atoms with Gasteiger partial charge in [-0.05, 0) is 66.6 Å². The fraction of sp³-hybridized carbons (Fsp3) is 0.231. The predicted octanol–water partition coefficient (Wildman–Crippen LogP) is 4.35. The average molecular weight is 463 g/mol. The summed E-state index contributed by atoms with van der Waals surface area (Å²) < 4.78 is 27.7. The minimum absolute atomic E-state index is 0.183. The zero-order valence-corrected chi connectivity index (χ0v) is 19.7. The highest BCUT2D eigenvalue weighted by Crippen LogP contribution is 2.28. The molecule has 2 aromatic heterocycles. The minimum Gasteiger partial charge on any atom is -0.493 e. The van der Waals surface area contributed by atoms with E-state index in [1.807, 2.05) is 48.1 Å². The number of aryl methyl sites for hydroxylation is 1. The SMILES string of the molecule is COc1ccc(CCN(C)C(=O)c2cc(-c3cccn3C)nn2-c2ccc(F)cc2)cc1OC. The molecule has 4 aromatic rings. The number of amides is 1. The molecular formula is C26H27FN4O3. The Hall–Kier alpha value is -4.07. The number of ether oxygens (including phenoxy) is 2. The Balaban J connectivity index is 1.60. The molecule has 7 nitrogen and oxygen atoms in total. The number of rotatable bonds is 8. The summed E-state index contributed by atoms with van der Waals surface area (Å²) in [5.41, 5.74) is 3.57. The van der Waals surface area contributed by atoms with E-state index in [1.54, 1.807) is 49.0 Å². The summed E-state index contributed by atoms with van der Waals surface area (Å²) in [5, 5.41) is 4.67. The largest absolute Gasteiger partial charge is 0.493 e. The summed E-state index contributed by atoms with van der Waals surface area (Å²) in [7, 11) is 6.87. The molecule has 2 heterocycles. The van der Waals surface area contributed by atoms with E-state index < -0.39 is 0 Å². The number of benzene rings is 2. The van der Waals surface area contributed by atoms with E-state index >= 15 is 0 Å². The molecule has 0 fully saturated rings. The van der Waals surface area contributed by atoms with Crippen LogP contribution in [0, 0.1) is 5.82 Å². The highest BCUT2D eigenvalue weighted by molar-refractivity contribution is 5.94. The average Bonchev–Trinajstić information content (AvgIpc) is 3.48. The molecule has 4 rings (SSSR count). The first-order valence-electron chi connectivity index (χ1n) is 10.9. The van der Waals surface area contributed by atoms with Crippen LogP contribution in [0.5, 0.6) is 11.5 Å². The predicted molar refractivity (Wildman–Crippen MR) is 128 cm³/mol. The number of methoxy groups -OCH3 is 2. The molecular weight excluding hydrogens is 435 g/mol. The van der Waals surface area contributed by atoms with Crippen molar-refractivity contribution in [1.82, 2.24) is 19.2 Å². The normalized spacial score (nSPS) is 10.9. The molecule has 0 spiro atoms. The van der Waals surface area contributed by atoms with Crippen molar-refractivity contribution in [3.8, 4) is 28.6 Å². The second-order valence-electron chi connectivity index (χ2n) is 7.97. The van der Waals surface area contributed by atoms with Crippen molar-refractivity contribution in [3.05, 3.63) is 83.9 Å². The second kappa shape index (κ2) is 9.82. The zero-order chi connectivity index (χ0) is 24.2. The van der Waals surface area contributed by atoms with Crippen LogP contribution in [0.1, 0.15) is 16.1 Å². The fourth-order valence-electron chi connectivity index (χ4n) is 3.79. The van der Waals surface area contributed by atoms with Crippen molar-refractivity contribution in [2.45, 2.75) is 6.42 Å². The van der Waals surface area contributed by atoms with E-state index in [0.717, 1.165) is 11.3 Å². The number of aromatic nitrogens is 3. The third-order valence-corrected chi connectivity index (χ3v) is 5.74. The van der Waals surface area contributed by atoms with Gasteiger partial charge in [0.25, 0.3) is 5.91 Å². The maximum absolute atomic E-state index is 13.5. The first-order valence-corrected chi connectivity index (χ1v) is 10.9. The summed E-state index contributed by atoms with van der Waals surface area (Å²) in [4.78, 5) is 15.1. The molecule has 2 aromatic carbocycles. The molecule has 0 unspecified atom stereocenters. The maximum Gasteiger partial charge on any atom is 0.272 e. The summed E-state index contributed by atoms with van der Waals surface area (Å²) in [5.74, 6) is 0.777. The maximum atomic E-state index is 13.5. The Labute approximate surface area is 197 Å². The first kappa shape index (κ1) is 23.1. The van der Waals surface area contributed by atoms with Crippen LogP contribution in [0.2, 0.25) is 0 Å². The van der Waals surface area contributed by atoms with Crippen LogP contribution >= 0.6 is 0 Å². The van der Waals surface area contributed by atoms with Crippen LogP contribution in [0.3, 0.4) is 0 Å². The summed E-state index contributed by atoms with van der Waals surface area (Å²) in [6.07, 6.45) is 2.56. The Morgan fingerprint density at radius 3 is 2.41 bits per heavy atom. The van der Waals surface area contributed by atoms with Crippen LogP contribution in [0.15, 0.2) is 66.9 Å². The molecule has 0 radical (unpaired) electrons. The van der Waals surface area contributed by atoms with Crippen molar-refractivity contribution in [2.75, 3.05) is 27.8 Å². The van der Waals surface area contributed by atoms with Gasteiger partial charge in [0.2, 0.25) is 0 Å². The van der Waals surface area contributed by atoms with E-state index in [2.05, 4.69) is 5.10 Å². The van der Waals surface area contributed by atoms with Crippen molar-refractivity contribution < 1.29 is 18.7 Å². The minimum atomic E-state index is -0.349. The Morgan fingerprint density at radius 1 is 1.03 bits per heavy atom. The number of hydrogen-bond donors (Lipinski definition) is 0. The standard InChI is InChI=1S/C26H27FN4O3/c1-29-14-5-6-22(29)21-17-23(31(28-21)20-10-8-19(27)9-11-20)26(32)30(2)15-13-18-7-12-24(33-3)25(16-18)34-4/h5-12,14,16-17H,13,15H2,1-4H3. The van der Waals surface area contributed by atoms with Gasteiger partial charge >= 0.3 is 0 Å². The van der Waals surface area contributed by atoms with E-state index in [0.29, 0.717) is 41.5 Å². The van der Waals surface area contributed by atoms with Crippen LogP contribution in [-0.4, -0.2) is 53.0 Å². The lowest BCUT2D eigenvalue weighted by atomic mass is 10.1. The van der Waals surface area contributed by atoms with Gasteiger partial charge in [0.05, 0.1) is 25.6 Å². The summed E-state index contributed by atoms with van der Waals surface area (Å²) in [6, 6.07) is 17.3. The fourth-order valence-corrected chi connectivity index (χ4v) is 3.79. The number of nitrogens with zero attached hydrogens (tertiary/aromatic N) is 4. The highest BCUT2D eigenvalue weighted by Gasteiger charge is 2.22. The van der Waals surface area contributed by atoms with Gasteiger partial charge in [0, 0.05) is 26.8 Å². The summed E-state index contributed by atoms with van der Waals surface area (Å²) >= 11 is 0. The van der Waals surface area contributed by atoms with E-state index in [-0.39, 0.29) is 11.7 Å². The molecule has 0 bridgehead atoms. The van der Waals surface area contributed by atoms with E-state index in [4.69, 9.17) is 9.47 Å². The quantitative estimate of drug-likeness (QED) is 0.391. The van der Waals surface area contributed by atoms with Crippen LogP contribution < -0.4 is 9.47 Å². The lowest BCUT2D eigenvalue weighted by Crippen LogP contribution is -2.30. The van der Waals surface area contributed by atoms with Crippen LogP contribution in [-0.2, 0) is 13.5 Å². The number of carbonyl (C=O) groups excluding carboxylic acids is 1. The number of halogens is 1. The molecule has 0 aliphatic heterocycles.